The molecule has 0 aromatic carbocycles. The highest BCUT2D eigenvalue weighted by Gasteiger charge is 2.69. The molecule has 0 aromatic rings. The van der Waals surface area contributed by atoms with Crippen LogP contribution in [0, 0.1) is 5.41 Å². The van der Waals surface area contributed by atoms with Gasteiger partial charge in [0.15, 0.2) is 0 Å². The van der Waals surface area contributed by atoms with Crippen molar-refractivity contribution in [3.05, 3.63) is 0 Å². The lowest BCUT2D eigenvalue weighted by atomic mass is 9.59. The van der Waals surface area contributed by atoms with E-state index in [9.17, 15) is 5.11 Å². The molecule has 2 nitrogen and oxygen atoms in total. The Morgan fingerprint density at radius 2 is 1.92 bits per heavy atom. The van der Waals surface area contributed by atoms with Gasteiger partial charge < -0.3 is 9.84 Å². The molecule has 3 rings (SSSR count). The molecule has 13 heavy (non-hydrogen) atoms. The summed E-state index contributed by atoms with van der Waals surface area (Å²) in [4.78, 5) is 0. The van der Waals surface area contributed by atoms with Crippen LogP contribution in [0.3, 0.4) is 0 Å². The van der Waals surface area contributed by atoms with Crippen molar-refractivity contribution in [1.82, 2.24) is 0 Å². The molecule has 2 heteroatoms. The van der Waals surface area contributed by atoms with E-state index in [4.69, 9.17) is 4.74 Å². The van der Waals surface area contributed by atoms with Gasteiger partial charge >= 0.3 is 0 Å². The van der Waals surface area contributed by atoms with Gasteiger partial charge in [0.2, 0.25) is 0 Å². The zero-order chi connectivity index (χ0) is 8.94. The molecular weight excluding hydrogens is 164 g/mol. The van der Waals surface area contributed by atoms with E-state index in [1.165, 1.54) is 44.9 Å². The molecule has 74 valence electrons. The first-order valence-corrected chi connectivity index (χ1v) is 5.62. The van der Waals surface area contributed by atoms with Gasteiger partial charge in [-0.15, -0.1) is 0 Å². The van der Waals surface area contributed by atoms with Gasteiger partial charge in [-0.05, 0) is 25.7 Å². The number of hydrogen-bond acceptors (Lipinski definition) is 2. The standard InChI is InChI=1S/C11H18O2/c12-8-10-5-1-2-7-11(10)9(13-11)4-3-6-10/h9,12H,1-8H2/t9-,10-,11-/m1/s1. The van der Waals surface area contributed by atoms with E-state index in [1.807, 2.05) is 0 Å². The molecule has 0 aromatic heterocycles. The Kier molecular flexibility index (Phi) is 1.58. The highest BCUT2D eigenvalue weighted by atomic mass is 16.6. The molecule has 1 N–H and O–H groups in total. The van der Waals surface area contributed by atoms with Crippen molar-refractivity contribution in [3.63, 3.8) is 0 Å². The lowest BCUT2D eigenvalue weighted by Crippen LogP contribution is -2.47. The molecule has 0 unspecified atom stereocenters. The summed E-state index contributed by atoms with van der Waals surface area (Å²) in [6.45, 7) is 0.351. The Labute approximate surface area is 79.3 Å². The minimum Gasteiger partial charge on any atom is -0.396 e. The molecule has 1 saturated heterocycles. The monoisotopic (exact) mass is 182 g/mol. The third kappa shape index (κ3) is 0.861. The zero-order valence-electron chi connectivity index (χ0n) is 8.09. The summed E-state index contributed by atoms with van der Waals surface area (Å²) in [5, 5.41) is 9.59. The van der Waals surface area contributed by atoms with Crippen molar-refractivity contribution in [1.29, 1.82) is 0 Å². The molecule has 2 saturated carbocycles. The predicted molar refractivity (Wildman–Crippen MR) is 49.4 cm³/mol. The lowest BCUT2D eigenvalue weighted by Gasteiger charge is -2.44. The van der Waals surface area contributed by atoms with Crippen LogP contribution in [0.15, 0.2) is 0 Å². The van der Waals surface area contributed by atoms with E-state index >= 15 is 0 Å². The van der Waals surface area contributed by atoms with Crippen LogP contribution in [0.5, 0.6) is 0 Å². The van der Waals surface area contributed by atoms with Crippen molar-refractivity contribution >= 4 is 0 Å². The molecule has 1 heterocycles. The number of aliphatic hydroxyl groups excluding tert-OH is 1. The van der Waals surface area contributed by atoms with E-state index < -0.39 is 0 Å². The highest BCUT2D eigenvalue weighted by Crippen LogP contribution is 2.64. The molecular formula is C11H18O2. The normalized spacial score (nSPS) is 53.8. The Morgan fingerprint density at radius 1 is 1.15 bits per heavy atom. The average Bonchev–Trinajstić information content (AvgIpc) is 2.89. The van der Waals surface area contributed by atoms with Crippen LogP contribution in [0.25, 0.3) is 0 Å². The number of epoxide rings is 1. The van der Waals surface area contributed by atoms with Crippen molar-refractivity contribution in [2.75, 3.05) is 6.61 Å². The van der Waals surface area contributed by atoms with E-state index in [0.29, 0.717) is 12.7 Å². The van der Waals surface area contributed by atoms with Gasteiger partial charge in [-0.2, -0.15) is 0 Å². The minimum atomic E-state index is 0.137. The van der Waals surface area contributed by atoms with Crippen molar-refractivity contribution in [2.24, 2.45) is 5.41 Å². The zero-order valence-corrected chi connectivity index (χ0v) is 8.09. The van der Waals surface area contributed by atoms with Crippen LogP contribution in [0.1, 0.15) is 44.9 Å². The second-order valence-electron chi connectivity index (χ2n) is 5.03. The molecule has 0 radical (unpaired) electrons. The molecule has 2 aliphatic carbocycles. The number of hydrogen-bond donors (Lipinski definition) is 1. The van der Waals surface area contributed by atoms with Crippen molar-refractivity contribution in [3.8, 4) is 0 Å². The van der Waals surface area contributed by atoms with Gasteiger partial charge in [-0.25, -0.2) is 0 Å². The Balaban J connectivity index is 1.94. The number of rotatable bonds is 1. The van der Waals surface area contributed by atoms with Crippen LogP contribution < -0.4 is 0 Å². The van der Waals surface area contributed by atoms with Gasteiger partial charge in [-0.1, -0.05) is 19.3 Å². The number of aliphatic hydroxyl groups is 1. The maximum absolute atomic E-state index is 9.59. The fourth-order valence-corrected chi connectivity index (χ4v) is 3.78. The van der Waals surface area contributed by atoms with Crippen LogP contribution in [0.2, 0.25) is 0 Å². The summed E-state index contributed by atoms with van der Waals surface area (Å²) in [6.07, 6.45) is 9.19. The highest BCUT2D eigenvalue weighted by molar-refractivity contribution is 5.18. The van der Waals surface area contributed by atoms with Crippen molar-refractivity contribution in [2.45, 2.75) is 56.7 Å². The molecule has 0 bridgehead atoms. The minimum absolute atomic E-state index is 0.137. The summed E-state index contributed by atoms with van der Waals surface area (Å²) in [6, 6.07) is 0. The molecule has 0 amide bonds. The van der Waals surface area contributed by atoms with E-state index in [-0.39, 0.29) is 11.0 Å². The quantitative estimate of drug-likeness (QED) is 0.628. The van der Waals surface area contributed by atoms with E-state index in [2.05, 4.69) is 0 Å². The third-order valence-electron chi connectivity index (χ3n) is 4.59. The molecule has 1 aliphatic heterocycles. The summed E-state index contributed by atoms with van der Waals surface area (Å²) >= 11 is 0. The van der Waals surface area contributed by atoms with E-state index in [0.717, 1.165) is 0 Å². The first-order valence-electron chi connectivity index (χ1n) is 5.62. The van der Waals surface area contributed by atoms with Gasteiger partial charge in [0.25, 0.3) is 0 Å². The maximum Gasteiger partial charge on any atom is 0.103 e. The average molecular weight is 182 g/mol. The smallest absolute Gasteiger partial charge is 0.103 e. The second-order valence-corrected chi connectivity index (χ2v) is 5.03. The molecule has 1 spiro atoms. The summed E-state index contributed by atoms with van der Waals surface area (Å²) in [7, 11) is 0. The molecule has 3 fully saturated rings. The SMILES string of the molecule is OC[C@]12CCCC[C@]13O[C@@H]3CCC2. The fraction of sp³-hybridized carbons (Fsp3) is 1.00. The van der Waals surface area contributed by atoms with Gasteiger partial charge in [0.05, 0.1) is 12.7 Å². The Morgan fingerprint density at radius 3 is 2.69 bits per heavy atom. The molecule has 3 aliphatic rings. The largest absolute Gasteiger partial charge is 0.396 e. The number of ether oxygens (including phenoxy) is 1. The van der Waals surface area contributed by atoms with Crippen LogP contribution in [-0.4, -0.2) is 23.4 Å². The summed E-state index contributed by atoms with van der Waals surface area (Å²) < 4.78 is 5.90. The maximum atomic E-state index is 9.59. The topological polar surface area (TPSA) is 32.8 Å². The first-order chi connectivity index (χ1) is 6.33. The van der Waals surface area contributed by atoms with E-state index in [1.54, 1.807) is 0 Å². The van der Waals surface area contributed by atoms with Gasteiger partial charge in [-0.3, -0.25) is 0 Å². The van der Waals surface area contributed by atoms with Gasteiger partial charge in [0, 0.05) is 5.41 Å². The molecule has 3 atom stereocenters. The summed E-state index contributed by atoms with van der Waals surface area (Å²) in [5.41, 5.74) is 0.298. The fourth-order valence-electron chi connectivity index (χ4n) is 3.78. The Bertz CT molecular complexity index is 224. The Hall–Kier alpha value is -0.0800. The van der Waals surface area contributed by atoms with Gasteiger partial charge in [0.1, 0.15) is 5.60 Å². The summed E-state index contributed by atoms with van der Waals surface area (Å²) in [5.74, 6) is 0. The second kappa shape index (κ2) is 2.48. The predicted octanol–water partition coefficient (Wildman–Crippen LogP) is 1.86. The first kappa shape index (κ1) is 8.25. The van der Waals surface area contributed by atoms with Crippen molar-refractivity contribution < 1.29 is 9.84 Å². The third-order valence-corrected chi connectivity index (χ3v) is 4.59. The lowest BCUT2D eigenvalue weighted by molar-refractivity contribution is -0.0138. The van der Waals surface area contributed by atoms with Crippen LogP contribution in [0.4, 0.5) is 0 Å². The van der Waals surface area contributed by atoms with Crippen LogP contribution >= 0.6 is 0 Å². The van der Waals surface area contributed by atoms with Crippen LogP contribution in [-0.2, 0) is 4.74 Å².